The Hall–Kier alpha value is -1.89. The third-order valence-electron chi connectivity index (χ3n) is 5.29. The average Bonchev–Trinajstić information content (AvgIpc) is 3.23. The fraction of sp³-hybridized carbons (Fsp3) is 0.474. The van der Waals surface area contributed by atoms with E-state index in [4.69, 9.17) is 16.1 Å². The van der Waals surface area contributed by atoms with E-state index >= 15 is 0 Å². The molecule has 1 aromatic heterocycles. The van der Waals surface area contributed by atoms with Crippen LogP contribution in [0.1, 0.15) is 29.3 Å². The Balaban J connectivity index is 1.30. The van der Waals surface area contributed by atoms with Crippen molar-refractivity contribution in [2.75, 3.05) is 38.0 Å². The summed E-state index contributed by atoms with van der Waals surface area (Å²) in [5.74, 6) is 1.11. The number of rotatable bonds is 4. The number of nitrogens with one attached hydrogen (secondary N) is 1. The maximum Gasteiger partial charge on any atom is 0.239 e. The second-order valence-electron chi connectivity index (χ2n) is 7.05. The van der Waals surface area contributed by atoms with Crippen molar-refractivity contribution >= 4 is 23.3 Å². The number of nitrogens with zero attached hydrogens (tertiary/aromatic N) is 3. The monoisotopic (exact) mass is 374 g/mol. The molecule has 1 N–H and O–H groups in total. The van der Waals surface area contributed by atoms with E-state index in [1.54, 1.807) is 13.0 Å². The first kappa shape index (κ1) is 17.5. The predicted octanol–water partition coefficient (Wildman–Crippen LogP) is 2.88. The van der Waals surface area contributed by atoms with E-state index in [0.29, 0.717) is 24.2 Å². The molecule has 1 amide bonds. The van der Waals surface area contributed by atoms with Gasteiger partial charge in [0.2, 0.25) is 5.91 Å². The molecule has 2 aromatic rings. The molecule has 4 rings (SSSR count). The molecule has 2 heterocycles. The van der Waals surface area contributed by atoms with Crippen LogP contribution in [0.3, 0.4) is 0 Å². The zero-order chi connectivity index (χ0) is 18.1. The number of amides is 1. The maximum atomic E-state index is 12.2. The van der Waals surface area contributed by atoms with Gasteiger partial charge in [0.05, 0.1) is 6.54 Å². The first-order valence-corrected chi connectivity index (χ1v) is 9.45. The van der Waals surface area contributed by atoms with Crippen LogP contribution in [0.15, 0.2) is 28.8 Å². The van der Waals surface area contributed by atoms with Gasteiger partial charge in [0.1, 0.15) is 5.76 Å². The van der Waals surface area contributed by atoms with Crippen LogP contribution in [0.25, 0.3) is 0 Å². The number of hydrogen-bond donors (Lipinski definition) is 1. The fourth-order valence-electron chi connectivity index (χ4n) is 4.01. The third kappa shape index (κ3) is 3.63. The van der Waals surface area contributed by atoms with E-state index in [1.807, 2.05) is 12.1 Å². The second-order valence-corrected chi connectivity index (χ2v) is 7.45. The number of halogens is 1. The van der Waals surface area contributed by atoms with E-state index in [2.05, 4.69) is 26.3 Å². The van der Waals surface area contributed by atoms with Gasteiger partial charge < -0.3 is 9.84 Å². The summed E-state index contributed by atoms with van der Waals surface area (Å²) < 4.78 is 4.97. The molecule has 138 valence electrons. The molecule has 0 unspecified atom stereocenters. The van der Waals surface area contributed by atoms with Crippen LogP contribution in [0, 0.1) is 6.92 Å². The lowest BCUT2D eigenvalue weighted by Crippen LogP contribution is -2.49. The lowest BCUT2D eigenvalue weighted by atomic mass is 10.1. The number of benzene rings is 1. The van der Waals surface area contributed by atoms with Crippen LogP contribution in [0.2, 0.25) is 5.02 Å². The van der Waals surface area contributed by atoms with Crippen molar-refractivity contribution in [3.8, 4) is 0 Å². The molecule has 6 nitrogen and oxygen atoms in total. The quantitative estimate of drug-likeness (QED) is 0.891. The largest absolute Gasteiger partial charge is 0.360 e. The highest BCUT2D eigenvalue weighted by Crippen LogP contribution is 2.39. The Kier molecular flexibility index (Phi) is 4.98. The molecule has 1 aliphatic heterocycles. The first-order chi connectivity index (χ1) is 12.6. The normalized spacial score (nSPS) is 20.9. The molecule has 0 radical (unpaired) electrons. The molecular weight excluding hydrogens is 352 g/mol. The lowest BCUT2D eigenvalue weighted by molar-refractivity contribution is -0.117. The van der Waals surface area contributed by atoms with Crippen LogP contribution < -0.4 is 5.32 Å². The zero-order valence-electron chi connectivity index (χ0n) is 14.9. The number of piperazine rings is 1. The van der Waals surface area contributed by atoms with Crippen molar-refractivity contribution in [2.45, 2.75) is 25.8 Å². The Bertz CT molecular complexity index is 799. The molecule has 1 aromatic carbocycles. The number of anilines is 1. The molecule has 1 fully saturated rings. The highest BCUT2D eigenvalue weighted by molar-refractivity contribution is 6.31. The summed E-state index contributed by atoms with van der Waals surface area (Å²) in [6.45, 7) is 5.89. The molecule has 0 bridgehead atoms. The van der Waals surface area contributed by atoms with Gasteiger partial charge in [-0.2, -0.15) is 0 Å². The summed E-state index contributed by atoms with van der Waals surface area (Å²) in [6.07, 6.45) is 2.18. The molecule has 1 saturated heterocycles. The lowest BCUT2D eigenvalue weighted by Gasteiger charge is -2.38. The van der Waals surface area contributed by atoms with Crippen molar-refractivity contribution in [1.29, 1.82) is 0 Å². The number of aromatic nitrogens is 1. The van der Waals surface area contributed by atoms with Crippen molar-refractivity contribution in [1.82, 2.24) is 15.0 Å². The van der Waals surface area contributed by atoms with Crippen LogP contribution in [0.4, 0.5) is 5.82 Å². The van der Waals surface area contributed by atoms with Crippen LogP contribution in [-0.2, 0) is 11.2 Å². The predicted molar refractivity (Wildman–Crippen MR) is 100 cm³/mol. The van der Waals surface area contributed by atoms with Crippen molar-refractivity contribution in [2.24, 2.45) is 0 Å². The average molecular weight is 375 g/mol. The Morgan fingerprint density at radius 2 is 2.15 bits per heavy atom. The van der Waals surface area contributed by atoms with Crippen LogP contribution in [0.5, 0.6) is 0 Å². The number of carbonyl (C=O) groups excluding carboxylic acids is 1. The fourth-order valence-corrected chi connectivity index (χ4v) is 4.29. The summed E-state index contributed by atoms with van der Waals surface area (Å²) >= 11 is 6.34. The minimum atomic E-state index is -0.0512. The minimum absolute atomic E-state index is 0.0512. The Labute approximate surface area is 158 Å². The van der Waals surface area contributed by atoms with Crippen molar-refractivity contribution in [3.63, 3.8) is 0 Å². The number of hydrogen-bond acceptors (Lipinski definition) is 5. The zero-order valence-corrected chi connectivity index (χ0v) is 15.6. The van der Waals surface area contributed by atoms with Gasteiger partial charge in [0.25, 0.3) is 0 Å². The van der Waals surface area contributed by atoms with E-state index in [9.17, 15) is 4.79 Å². The molecule has 1 aliphatic carbocycles. The standard InChI is InChI=1S/C19H23ClN4O2/c1-13-11-18(22-26-13)21-19(25)12-23-7-9-24(10-8-23)17-6-5-14-15(17)3-2-4-16(14)20/h2-4,11,17H,5-10,12H2,1H3,(H,21,22,25)/t17-/m0/s1. The Morgan fingerprint density at radius 1 is 1.35 bits per heavy atom. The Morgan fingerprint density at radius 3 is 2.88 bits per heavy atom. The third-order valence-corrected chi connectivity index (χ3v) is 5.65. The van der Waals surface area contributed by atoms with Crippen LogP contribution >= 0.6 is 11.6 Å². The first-order valence-electron chi connectivity index (χ1n) is 9.07. The molecule has 7 heteroatoms. The summed E-state index contributed by atoms with van der Waals surface area (Å²) in [6, 6.07) is 8.41. The number of aryl methyl sites for hydroxylation is 1. The van der Waals surface area contributed by atoms with Gasteiger partial charge in [-0.15, -0.1) is 0 Å². The smallest absolute Gasteiger partial charge is 0.239 e. The summed E-state index contributed by atoms with van der Waals surface area (Å²) in [4.78, 5) is 16.9. The molecule has 0 spiro atoms. The SMILES string of the molecule is Cc1cc(NC(=O)CN2CCN([C@H]3CCc4c(Cl)cccc43)CC2)no1. The highest BCUT2D eigenvalue weighted by atomic mass is 35.5. The maximum absolute atomic E-state index is 12.2. The van der Waals surface area contributed by atoms with Crippen LogP contribution in [-0.4, -0.2) is 53.6 Å². The van der Waals surface area contributed by atoms with Gasteiger partial charge >= 0.3 is 0 Å². The summed E-state index contributed by atoms with van der Waals surface area (Å²) in [5, 5.41) is 7.47. The molecule has 26 heavy (non-hydrogen) atoms. The van der Waals surface area contributed by atoms with Gasteiger partial charge in [-0.3, -0.25) is 14.6 Å². The summed E-state index contributed by atoms with van der Waals surface area (Å²) in [7, 11) is 0. The molecular formula is C19H23ClN4O2. The van der Waals surface area contributed by atoms with Gasteiger partial charge in [0.15, 0.2) is 5.82 Å². The van der Waals surface area contributed by atoms with Gasteiger partial charge in [-0.05, 0) is 37.0 Å². The number of fused-ring (bicyclic) bond motifs is 1. The van der Waals surface area contributed by atoms with E-state index in [1.165, 1.54) is 11.1 Å². The molecule has 0 saturated carbocycles. The van der Waals surface area contributed by atoms with Crippen molar-refractivity contribution in [3.05, 3.63) is 46.2 Å². The minimum Gasteiger partial charge on any atom is -0.360 e. The van der Waals surface area contributed by atoms with Crippen molar-refractivity contribution < 1.29 is 9.32 Å². The molecule has 2 aliphatic rings. The van der Waals surface area contributed by atoms with Gasteiger partial charge in [0, 0.05) is 43.3 Å². The topological polar surface area (TPSA) is 61.6 Å². The number of carbonyl (C=O) groups is 1. The van der Waals surface area contributed by atoms with E-state index in [0.717, 1.165) is 44.0 Å². The van der Waals surface area contributed by atoms with Gasteiger partial charge in [-0.1, -0.05) is 28.9 Å². The molecule has 1 atom stereocenters. The van der Waals surface area contributed by atoms with E-state index < -0.39 is 0 Å². The second kappa shape index (κ2) is 7.39. The van der Waals surface area contributed by atoms with E-state index in [-0.39, 0.29) is 5.91 Å². The van der Waals surface area contributed by atoms with Gasteiger partial charge in [-0.25, -0.2) is 0 Å². The highest BCUT2D eigenvalue weighted by Gasteiger charge is 2.31. The summed E-state index contributed by atoms with van der Waals surface area (Å²) in [5.41, 5.74) is 2.69.